The highest BCUT2D eigenvalue weighted by atomic mass is 32.1. The third-order valence-electron chi connectivity index (χ3n) is 4.45. The van der Waals surface area contributed by atoms with Gasteiger partial charge >= 0.3 is 0 Å². The highest BCUT2D eigenvalue weighted by Gasteiger charge is 2.36. The number of thiazole rings is 2. The van der Waals surface area contributed by atoms with E-state index in [0.717, 1.165) is 20.4 Å². The maximum absolute atomic E-state index is 6.13. The molecule has 0 fully saturated rings. The lowest BCUT2D eigenvalue weighted by Crippen LogP contribution is -2.41. The second kappa shape index (κ2) is 7.11. The molecule has 0 atom stereocenters. The monoisotopic (exact) mass is 393 g/mol. The summed E-state index contributed by atoms with van der Waals surface area (Å²) in [6.45, 7) is 12.3. The van der Waals surface area contributed by atoms with Gasteiger partial charge in [0.05, 0.1) is 6.61 Å². The van der Waals surface area contributed by atoms with Crippen molar-refractivity contribution in [3.8, 4) is 15.9 Å². The van der Waals surface area contributed by atoms with E-state index in [9.17, 15) is 0 Å². The zero-order valence-corrected chi connectivity index (χ0v) is 17.8. The van der Waals surface area contributed by atoms with Crippen molar-refractivity contribution < 1.29 is 9.16 Å². The quantitative estimate of drug-likeness (QED) is 0.425. The molecule has 0 aliphatic carbocycles. The van der Waals surface area contributed by atoms with Gasteiger partial charge in [-0.3, -0.25) is 0 Å². The molecule has 0 unspecified atom stereocenters. The van der Waals surface area contributed by atoms with Crippen LogP contribution < -0.4 is 4.74 Å². The van der Waals surface area contributed by atoms with Gasteiger partial charge in [-0.2, -0.15) is 0 Å². The Bertz CT molecular complexity index is 841. The Morgan fingerprint density at radius 2 is 1.88 bits per heavy atom. The van der Waals surface area contributed by atoms with Gasteiger partial charge in [0.25, 0.3) is 0 Å². The Balaban J connectivity index is 1.61. The van der Waals surface area contributed by atoms with Gasteiger partial charge in [-0.25, -0.2) is 15.0 Å². The van der Waals surface area contributed by atoms with Gasteiger partial charge in [0.2, 0.25) is 5.88 Å². The van der Waals surface area contributed by atoms with E-state index in [0.29, 0.717) is 19.1 Å². The van der Waals surface area contributed by atoms with E-state index in [1.165, 1.54) is 11.3 Å². The molecule has 3 aromatic rings. The molecular formula is C17H23N3O2S2Si. The molecule has 0 spiro atoms. The average Bonchev–Trinajstić information content (AvgIpc) is 3.18. The molecule has 25 heavy (non-hydrogen) atoms. The lowest BCUT2D eigenvalue weighted by atomic mass is 10.2. The minimum atomic E-state index is -1.73. The average molecular weight is 394 g/mol. The number of nitrogens with zero attached hydrogens (tertiary/aromatic N) is 3. The van der Waals surface area contributed by atoms with Crippen molar-refractivity contribution in [2.24, 2.45) is 0 Å². The number of aromatic nitrogens is 3. The fourth-order valence-electron chi connectivity index (χ4n) is 1.96. The number of hydrogen-bond acceptors (Lipinski definition) is 7. The molecule has 0 saturated carbocycles. The summed E-state index contributed by atoms with van der Waals surface area (Å²) in [6.07, 6.45) is 1.79. The van der Waals surface area contributed by atoms with Crippen LogP contribution in [0.1, 0.15) is 20.8 Å². The first-order valence-corrected chi connectivity index (χ1v) is 12.8. The van der Waals surface area contributed by atoms with Crippen LogP contribution in [0, 0.1) is 0 Å². The molecule has 3 aromatic heterocycles. The van der Waals surface area contributed by atoms with Crippen LogP contribution in [0.2, 0.25) is 18.1 Å². The highest BCUT2D eigenvalue weighted by Crippen LogP contribution is 2.36. The summed E-state index contributed by atoms with van der Waals surface area (Å²) in [6, 6.07) is 3.81. The molecule has 0 saturated heterocycles. The van der Waals surface area contributed by atoms with E-state index in [2.05, 4.69) is 48.8 Å². The van der Waals surface area contributed by atoms with Crippen molar-refractivity contribution in [3.05, 3.63) is 23.7 Å². The number of fused-ring (bicyclic) bond motifs is 1. The van der Waals surface area contributed by atoms with E-state index >= 15 is 0 Å². The molecule has 0 aromatic carbocycles. The van der Waals surface area contributed by atoms with E-state index in [-0.39, 0.29) is 5.04 Å². The third-order valence-corrected chi connectivity index (χ3v) is 10.9. The fraction of sp³-hybridized carbons (Fsp3) is 0.471. The first-order valence-electron chi connectivity index (χ1n) is 8.20. The maximum atomic E-state index is 6.13. The zero-order valence-electron chi connectivity index (χ0n) is 15.2. The van der Waals surface area contributed by atoms with Gasteiger partial charge in [-0.1, -0.05) is 32.1 Å². The van der Waals surface area contributed by atoms with Crippen molar-refractivity contribution in [2.75, 3.05) is 13.2 Å². The van der Waals surface area contributed by atoms with E-state index in [4.69, 9.17) is 9.16 Å². The summed E-state index contributed by atoms with van der Waals surface area (Å²) < 4.78 is 11.9. The summed E-state index contributed by atoms with van der Waals surface area (Å²) in [5.74, 6) is 0.612. The Morgan fingerprint density at radius 3 is 2.56 bits per heavy atom. The van der Waals surface area contributed by atoms with Gasteiger partial charge in [-0.15, -0.1) is 11.3 Å². The second-order valence-corrected chi connectivity index (χ2v) is 14.0. The number of ether oxygens (including phenoxy) is 1. The summed E-state index contributed by atoms with van der Waals surface area (Å²) >= 11 is 3.12. The summed E-state index contributed by atoms with van der Waals surface area (Å²) in [4.78, 5) is 14.3. The fourth-order valence-corrected chi connectivity index (χ4v) is 4.60. The van der Waals surface area contributed by atoms with Crippen molar-refractivity contribution in [1.82, 2.24) is 15.0 Å². The minimum absolute atomic E-state index is 0.207. The van der Waals surface area contributed by atoms with E-state index in [1.807, 2.05) is 17.5 Å². The van der Waals surface area contributed by atoms with E-state index in [1.54, 1.807) is 17.5 Å². The predicted octanol–water partition coefficient (Wildman–Crippen LogP) is 5.22. The number of rotatable bonds is 6. The first kappa shape index (κ1) is 18.4. The second-order valence-electron chi connectivity index (χ2n) is 7.29. The maximum Gasteiger partial charge on any atom is 0.214 e. The summed E-state index contributed by atoms with van der Waals surface area (Å²) in [5.41, 5.74) is 0.875. The standard InChI is InChI=1S/C17H23N3O2S2Si/c1-17(2,3)25(4,5)22-10-9-21-13-7-6-12-14(20-13)24-16(19-12)15-18-8-11-23-15/h6-8,11H,9-10H2,1-5H3. The topological polar surface area (TPSA) is 57.1 Å². The summed E-state index contributed by atoms with van der Waals surface area (Å²) in [7, 11) is -1.73. The molecule has 5 nitrogen and oxygen atoms in total. The Hall–Kier alpha value is -1.35. The smallest absolute Gasteiger partial charge is 0.214 e. The molecule has 0 radical (unpaired) electrons. The summed E-state index contributed by atoms with van der Waals surface area (Å²) in [5, 5.41) is 3.98. The van der Waals surface area contributed by atoms with Crippen LogP contribution in [0.5, 0.6) is 5.88 Å². The Kier molecular flexibility index (Phi) is 5.24. The lowest BCUT2D eigenvalue weighted by molar-refractivity contribution is 0.199. The van der Waals surface area contributed by atoms with Crippen molar-refractivity contribution in [1.29, 1.82) is 0 Å². The zero-order chi connectivity index (χ0) is 18.1. The molecule has 0 bridgehead atoms. The Labute approximate surface area is 157 Å². The third kappa shape index (κ3) is 4.25. The minimum Gasteiger partial charge on any atom is -0.475 e. The molecule has 0 N–H and O–H groups in total. The number of pyridine rings is 1. The van der Waals surface area contributed by atoms with Gasteiger partial charge < -0.3 is 9.16 Å². The van der Waals surface area contributed by atoms with Gasteiger partial charge in [-0.05, 0) is 24.2 Å². The molecule has 0 aliphatic heterocycles. The van der Waals surface area contributed by atoms with Crippen molar-refractivity contribution in [2.45, 2.75) is 38.9 Å². The van der Waals surface area contributed by atoms with Crippen LogP contribution in [-0.2, 0) is 4.43 Å². The SMILES string of the molecule is CC(C)(C)[Si](C)(C)OCCOc1ccc2nc(-c3nccs3)sc2n1. The van der Waals surface area contributed by atoms with Crippen LogP contribution in [0.15, 0.2) is 23.7 Å². The van der Waals surface area contributed by atoms with Crippen molar-refractivity contribution >= 4 is 41.3 Å². The van der Waals surface area contributed by atoms with E-state index < -0.39 is 8.32 Å². The van der Waals surface area contributed by atoms with Crippen LogP contribution in [-0.4, -0.2) is 36.5 Å². The lowest BCUT2D eigenvalue weighted by Gasteiger charge is -2.36. The van der Waals surface area contributed by atoms with Crippen LogP contribution in [0.3, 0.4) is 0 Å². The molecule has 0 aliphatic rings. The molecule has 134 valence electrons. The highest BCUT2D eigenvalue weighted by molar-refractivity contribution is 7.24. The molecule has 3 heterocycles. The molecule has 0 amide bonds. The van der Waals surface area contributed by atoms with Crippen LogP contribution in [0.4, 0.5) is 0 Å². The van der Waals surface area contributed by atoms with Gasteiger partial charge in [0, 0.05) is 17.6 Å². The number of hydrogen-bond donors (Lipinski definition) is 0. The molecule has 3 rings (SSSR count). The van der Waals surface area contributed by atoms with Gasteiger partial charge in [0.1, 0.15) is 17.0 Å². The van der Waals surface area contributed by atoms with Crippen LogP contribution in [0.25, 0.3) is 20.4 Å². The Morgan fingerprint density at radius 1 is 1.08 bits per heavy atom. The van der Waals surface area contributed by atoms with Gasteiger partial charge in [0.15, 0.2) is 18.3 Å². The molecule has 8 heteroatoms. The normalized spacial score (nSPS) is 12.7. The first-order chi connectivity index (χ1) is 11.8. The predicted molar refractivity (Wildman–Crippen MR) is 107 cm³/mol. The largest absolute Gasteiger partial charge is 0.475 e. The van der Waals surface area contributed by atoms with Crippen molar-refractivity contribution in [3.63, 3.8) is 0 Å². The molecular weight excluding hydrogens is 370 g/mol. The van der Waals surface area contributed by atoms with Crippen LogP contribution >= 0.6 is 22.7 Å².